The Labute approximate surface area is 88.8 Å². The highest BCUT2D eigenvalue weighted by Crippen LogP contribution is 2.16. The zero-order chi connectivity index (χ0) is 10.5. The molecule has 2 nitrogen and oxygen atoms in total. The van der Waals surface area contributed by atoms with Gasteiger partial charge < -0.3 is 0 Å². The first-order chi connectivity index (χ1) is 7.40. The van der Waals surface area contributed by atoms with Crippen LogP contribution in [0.15, 0.2) is 48.5 Å². The Morgan fingerprint density at radius 2 is 1.80 bits per heavy atom. The molecule has 0 N–H and O–H groups in total. The lowest BCUT2D eigenvalue weighted by Crippen LogP contribution is -1.90. The lowest BCUT2D eigenvalue weighted by atomic mass is 10.1. The molecule has 2 rings (SSSR count). The van der Waals surface area contributed by atoms with E-state index in [1.807, 2.05) is 48.5 Å². The maximum absolute atomic E-state index is 8.59. The van der Waals surface area contributed by atoms with Crippen molar-refractivity contribution in [2.24, 2.45) is 0 Å². The van der Waals surface area contributed by atoms with E-state index in [1.54, 1.807) is 0 Å². The van der Waals surface area contributed by atoms with Gasteiger partial charge in [0.1, 0.15) is 0 Å². The molecular weight excluding hydrogens is 184 g/mol. The zero-order valence-electron chi connectivity index (χ0n) is 8.22. The first kappa shape index (κ1) is 9.42. The van der Waals surface area contributed by atoms with E-state index in [-0.39, 0.29) is 0 Å². The quantitative estimate of drug-likeness (QED) is 0.737. The zero-order valence-corrected chi connectivity index (χ0v) is 8.22. The summed E-state index contributed by atoms with van der Waals surface area (Å²) in [6.45, 7) is 0. The van der Waals surface area contributed by atoms with Gasteiger partial charge in [0, 0.05) is 5.56 Å². The standard InChI is InChI=1S/C13H10N2/c14-10-9-12-7-4-8-13(15-12)11-5-2-1-3-6-11/h1-8H,9H2. The average molecular weight is 194 g/mol. The van der Waals surface area contributed by atoms with Crippen molar-refractivity contribution in [3.63, 3.8) is 0 Å². The summed E-state index contributed by atoms with van der Waals surface area (Å²) in [5.74, 6) is 0. The Morgan fingerprint density at radius 1 is 1.00 bits per heavy atom. The van der Waals surface area contributed by atoms with Gasteiger partial charge >= 0.3 is 0 Å². The van der Waals surface area contributed by atoms with Crippen LogP contribution in [0.2, 0.25) is 0 Å². The molecule has 15 heavy (non-hydrogen) atoms. The number of rotatable bonds is 2. The molecule has 1 aromatic carbocycles. The molecule has 0 amide bonds. The largest absolute Gasteiger partial charge is 0.252 e. The van der Waals surface area contributed by atoms with E-state index in [0.29, 0.717) is 6.42 Å². The van der Waals surface area contributed by atoms with Crippen LogP contribution in [0.3, 0.4) is 0 Å². The number of nitriles is 1. The molecule has 0 unspecified atom stereocenters. The van der Waals surface area contributed by atoms with Gasteiger partial charge in [0.2, 0.25) is 0 Å². The minimum atomic E-state index is 0.362. The molecule has 2 heteroatoms. The molecule has 0 aliphatic rings. The summed E-state index contributed by atoms with van der Waals surface area (Å²) in [5, 5.41) is 8.59. The highest BCUT2D eigenvalue weighted by Gasteiger charge is 1.99. The fourth-order valence-electron chi connectivity index (χ4n) is 1.43. The van der Waals surface area contributed by atoms with Crippen LogP contribution in [-0.2, 0) is 6.42 Å². The molecule has 0 spiro atoms. The molecule has 0 radical (unpaired) electrons. The average Bonchev–Trinajstić information content (AvgIpc) is 2.31. The number of aromatic nitrogens is 1. The second-order valence-electron chi connectivity index (χ2n) is 3.22. The summed E-state index contributed by atoms with van der Waals surface area (Å²) in [5.41, 5.74) is 2.82. The van der Waals surface area contributed by atoms with Crippen LogP contribution in [-0.4, -0.2) is 4.98 Å². The van der Waals surface area contributed by atoms with Gasteiger partial charge in [-0.1, -0.05) is 36.4 Å². The molecule has 0 fully saturated rings. The van der Waals surface area contributed by atoms with Crippen molar-refractivity contribution in [2.45, 2.75) is 6.42 Å². The highest BCUT2D eigenvalue weighted by molar-refractivity contribution is 5.58. The van der Waals surface area contributed by atoms with Crippen LogP contribution in [0.5, 0.6) is 0 Å². The van der Waals surface area contributed by atoms with Crippen LogP contribution in [0.25, 0.3) is 11.3 Å². The number of hydrogen-bond acceptors (Lipinski definition) is 2. The van der Waals surface area contributed by atoms with Crippen molar-refractivity contribution in [1.29, 1.82) is 5.26 Å². The Balaban J connectivity index is 2.38. The van der Waals surface area contributed by atoms with Crippen molar-refractivity contribution in [1.82, 2.24) is 4.98 Å². The molecule has 0 aliphatic heterocycles. The molecule has 0 saturated carbocycles. The number of hydrogen-bond donors (Lipinski definition) is 0. The van der Waals surface area contributed by atoms with E-state index in [4.69, 9.17) is 5.26 Å². The van der Waals surface area contributed by atoms with E-state index >= 15 is 0 Å². The Kier molecular flexibility index (Phi) is 2.75. The predicted octanol–water partition coefficient (Wildman–Crippen LogP) is 2.81. The van der Waals surface area contributed by atoms with Gasteiger partial charge in [0.25, 0.3) is 0 Å². The van der Waals surface area contributed by atoms with E-state index in [9.17, 15) is 0 Å². The lowest BCUT2D eigenvalue weighted by molar-refractivity contribution is 1.12. The third-order valence-corrected chi connectivity index (χ3v) is 2.14. The topological polar surface area (TPSA) is 36.7 Å². The normalized spacial score (nSPS) is 9.53. The van der Waals surface area contributed by atoms with Crippen LogP contribution >= 0.6 is 0 Å². The summed E-state index contributed by atoms with van der Waals surface area (Å²) in [6, 6.07) is 17.8. The van der Waals surface area contributed by atoms with Gasteiger partial charge in [0.15, 0.2) is 0 Å². The number of pyridine rings is 1. The SMILES string of the molecule is N#CCc1cccc(-c2ccccc2)n1. The number of nitrogens with zero attached hydrogens (tertiary/aromatic N) is 2. The fourth-order valence-corrected chi connectivity index (χ4v) is 1.43. The van der Waals surface area contributed by atoms with Gasteiger partial charge in [-0.05, 0) is 12.1 Å². The first-order valence-electron chi connectivity index (χ1n) is 4.78. The second kappa shape index (κ2) is 4.39. The van der Waals surface area contributed by atoms with Crippen LogP contribution in [0.1, 0.15) is 5.69 Å². The van der Waals surface area contributed by atoms with Crippen molar-refractivity contribution < 1.29 is 0 Å². The molecule has 0 atom stereocenters. The van der Waals surface area contributed by atoms with Gasteiger partial charge in [-0.25, -0.2) is 0 Å². The van der Waals surface area contributed by atoms with Crippen molar-refractivity contribution in [2.75, 3.05) is 0 Å². The molecular formula is C13H10N2. The maximum Gasteiger partial charge on any atom is 0.0774 e. The molecule has 1 aromatic heterocycles. The minimum Gasteiger partial charge on any atom is -0.252 e. The van der Waals surface area contributed by atoms with E-state index in [0.717, 1.165) is 17.0 Å². The first-order valence-corrected chi connectivity index (χ1v) is 4.78. The molecule has 0 bridgehead atoms. The van der Waals surface area contributed by atoms with E-state index < -0.39 is 0 Å². The summed E-state index contributed by atoms with van der Waals surface area (Å²) in [6.07, 6.45) is 0.362. The smallest absolute Gasteiger partial charge is 0.0774 e. The van der Waals surface area contributed by atoms with Crippen LogP contribution < -0.4 is 0 Å². The van der Waals surface area contributed by atoms with Gasteiger partial charge in [-0.2, -0.15) is 5.26 Å². The Hall–Kier alpha value is -2.14. The number of benzene rings is 1. The fraction of sp³-hybridized carbons (Fsp3) is 0.0769. The minimum absolute atomic E-state index is 0.362. The van der Waals surface area contributed by atoms with Gasteiger partial charge in [-0.15, -0.1) is 0 Å². The predicted molar refractivity (Wildman–Crippen MR) is 59.0 cm³/mol. The third-order valence-electron chi connectivity index (χ3n) is 2.14. The Bertz CT molecular complexity index is 483. The van der Waals surface area contributed by atoms with Crippen molar-refractivity contribution in [3.8, 4) is 17.3 Å². The van der Waals surface area contributed by atoms with E-state index in [2.05, 4.69) is 11.1 Å². The summed E-state index contributed by atoms with van der Waals surface area (Å²) < 4.78 is 0. The van der Waals surface area contributed by atoms with Gasteiger partial charge in [0.05, 0.1) is 23.9 Å². The van der Waals surface area contributed by atoms with Crippen molar-refractivity contribution >= 4 is 0 Å². The molecule has 1 heterocycles. The van der Waals surface area contributed by atoms with Crippen molar-refractivity contribution in [3.05, 3.63) is 54.2 Å². The monoisotopic (exact) mass is 194 g/mol. The highest BCUT2D eigenvalue weighted by atomic mass is 14.7. The maximum atomic E-state index is 8.59. The second-order valence-corrected chi connectivity index (χ2v) is 3.22. The van der Waals surface area contributed by atoms with Crippen LogP contribution in [0, 0.1) is 11.3 Å². The molecule has 72 valence electrons. The molecule has 2 aromatic rings. The third kappa shape index (κ3) is 2.21. The van der Waals surface area contributed by atoms with E-state index in [1.165, 1.54) is 0 Å². The Morgan fingerprint density at radius 3 is 2.53 bits per heavy atom. The summed E-state index contributed by atoms with van der Waals surface area (Å²) in [7, 11) is 0. The summed E-state index contributed by atoms with van der Waals surface area (Å²) >= 11 is 0. The molecule has 0 aliphatic carbocycles. The van der Waals surface area contributed by atoms with Crippen LogP contribution in [0.4, 0.5) is 0 Å². The molecule has 0 saturated heterocycles. The van der Waals surface area contributed by atoms with Gasteiger partial charge in [-0.3, -0.25) is 4.98 Å². The lowest BCUT2D eigenvalue weighted by Gasteiger charge is -2.01. The summed E-state index contributed by atoms with van der Waals surface area (Å²) in [4.78, 5) is 4.41.